The van der Waals surface area contributed by atoms with Gasteiger partial charge in [-0.2, -0.15) is 0 Å². The van der Waals surface area contributed by atoms with Gasteiger partial charge in [0.2, 0.25) is 0 Å². The fourth-order valence-electron chi connectivity index (χ4n) is 3.23. The Hall–Kier alpha value is -2.27. The summed E-state index contributed by atoms with van der Waals surface area (Å²) in [6.45, 7) is 5.20. The largest absolute Gasteiger partial charge is 0.344 e. The molecule has 4 nitrogen and oxygen atoms in total. The van der Waals surface area contributed by atoms with Gasteiger partial charge in [-0.25, -0.2) is 0 Å². The van der Waals surface area contributed by atoms with Gasteiger partial charge in [0.05, 0.1) is 11.7 Å². The van der Waals surface area contributed by atoms with Gasteiger partial charge in [0.15, 0.2) is 0 Å². The summed E-state index contributed by atoms with van der Waals surface area (Å²) in [4.78, 5) is 6.62. The van der Waals surface area contributed by atoms with Gasteiger partial charge in [-0.1, -0.05) is 15.9 Å². The number of hydrogen-bond acceptors (Lipinski definition) is 4. The van der Waals surface area contributed by atoms with E-state index in [0.29, 0.717) is 6.04 Å². The van der Waals surface area contributed by atoms with Crippen LogP contribution in [0.1, 0.15) is 18.2 Å². The number of benzene rings is 1. The minimum atomic E-state index is 0.366. The molecule has 4 rings (SSSR count). The van der Waals surface area contributed by atoms with Crippen LogP contribution in [0.2, 0.25) is 0 Å². The summed E-state index contributed by atoms with van der Waals surface area (Å²) in [5.41, 5.74) is 9.23. The second-order valence-corrected chi connectivity index (χ2v) is 7.15. The van der Waals surface area contributed by atoms with E-state index >= 15 is 0 Å². The van der Waals surface area contributed by atoms with Crippen LogP contribution in [0.3, 0.4) is 0 Å². The van der Waals surface area contributed by atoms with E-state index in [1.165, 1.54) is 22.5 Å². The summed E-state index contributed by atoms with van der Waals surface area (Å²) in [6, 6.07) is 13.0. The number of aromatic nitrogens is 1. The fraction of sp³-hybridized carbons (Fsp3) is 0.211. The molecule has 0 fully saturated rings. The van der Waals surface area contributed by atoms with Crippen LogP contribution >= 0.6 is 15.9 Å². The highest BCUT2D eigenvalue weighted by Gasteiger charge is 2.31. The third kappa shape index (κ3) is 2.69. The predicted octanol–water partition coefficient (Wildman–Crippen LogP) is 4.06. The molecule has 0 radical (unpaired) electrons. The molecule has 1 atom stereocenters. The van der Waals surface area contributed by atoms with Gasteiger partial charge in [0.1, 0.15) is 0 Å². The topological polar surface area (TPSA) is 31.4 Å². The van der Waals surface area contributed by atoms with Crippen molar-refractivity contribution in [3.8, 4) is 0 Å². The zero-order valence-corrected chi connectivity index (χ0v) is 15.3. The molecule has 1 aromatic heterocycles. The molecular formula is C19H19BrN4. The lowest BCUT2D eigenvalue weighted by atomic mass is 10.0. The SMILES string of the molecule is Cc1cc(C2=CNN3C2=CN(c2ccc(Br)cc2)C[C@@H]3C)ccn1. The molecule has 24 heavy (non-hydrogen) atoms. The standard InChI is InChI=1S/C19H19BrN4/c1-13-9-15(7-8-21-13)18-10-22-24-14(2)11-23(12-19(18)24)17-5-3-16(20)4-6-17/h3-10,12,14,22H,11H2,1-2H3/t14-/m0/s1. The second-order valence-electron chi connectivity index (χ2n) is 6.24. The highest BCUT2D eigenvalue weighted by molar-refractivity contribution is 9.10. The molecule has 5 heteroatoms. The van der Waals surface area contributed by atoms with Crippen LogP contribution in [0.15, 0.2) is 65.2 Å². The average molecular weight is 383 g/mol. The highest BCUT2D eigenvalue weighted by atomic mass is 79.9. The van der Waals surface area contributed by atoms with Crippen LogP contribution in [-0.2, 0) is 0 Å². The van der Waals surface area contributed by atoms with Crippen LogP contribution in [0.25, 0.3) is 5.57 Å². The third-order valence-electron chi connectivity index (χ3n) is 4.43. The van der Waals surface area contributed by atoms with Gasteiger partial charge in [0, 0.05) is 46.6 Å². The van der Waals surface area contributed by atoms with Crippen molar-refractivity contribution in [2.75, 3.05) is 11.4 Å². The molecule has 122 valence electrons. The first-order valence-electron chi connectivity index (χ1n) is 8.05. The number of hydrazine groups is 1. The normalized spacial score (nSPS) is 19.5. The minimum absolute atomic E-state index is 0.366. The maximum absolute atomic E-state index is 4.31. The molecule has 0 saturated heterocycles. The number of pyridine rings is 1. The Morgan fingerprint density at radius 1 is 1.21 bits per heavy atom. The molecule has 3 heterocycles. The predicted molar refractivity (Wildman–Crippen MR) is 101 cm³/mol. The van der Waals surface area contributed by atoms with Crippen molar-refractivity contribution < 1.29 is 0 Å². The van der Waals surface area contributed by atoms with Crippen molar-refractivity contribution in [2.45, 2.75) is 19.9 Å². The lowest BCUT2D eigenvalue weighted by molar-refractivity contribution is 0.232. The van der Waals surface area contributed by atoms with E-state index < -0.39 is 0 Å². The van der Waals surface area contributed by atoms with Crippen molar-refractivity contribution in [1.82, 2.24) is 15.4 Å². The number of allylic oxidation sites excluding steroid dienone is 1. The highest BCUT2D eigenvalue weighted by Crippen LogP contribution is 2.34. The summed E-state index contributed by atoms with van der Waals surface area (Å²) in [7, 11) is 0. The van der Waals surface area contributed by atoms with Crippen LogP contribution < -0.4 is 10.3 Å². The molecule has 2 aliphatic heterocycles. The Balaban J connectivity index is 1.72. The summed E-state index contributed by atoms with van der Waals surface area (Å²) >= 11 is 3.51. The molecule has 0 saturated carbocycles. The van der Waals surface area contributed by atoms with E-state index in [4.69, 9.17) is 0 Å². The van der Waals surface area contributed by atoms with Gasteiger partial charge < -0.3 is 10.3 Å². The van der Waals surface area contributed by atoms with E-state index in [0.717, 1.165) is 16.7 Å². The maximum atomic E-state index is 4.31. The molecule has 0 amide bonds. The average Bonchev–Trinajstić information content (AvgIpc) is 3.00. The fourth-order valence-corrected chi connectivity index (χ4v) is 3.49. The van der Waals surface area contributed by atoms with Gasteiger partial charge >= 0.3 is 0 Å². The first-order valence-corrected chi connectivity index (χ1v) is 8.84. The second kappa shape index (κ2) is 5.98. The van der Waals surface area contributed by atoms with Crippen molar-refractivity contribution in [1.29, 1.82) is 0 Å². The van der Waals surface area contributed by atoms with E-state index in [-0.39, 0.29) is 0 Å². The first kappa shape index (κ1) is 15.3. The zero-order valence-electron chi connectivity index (χ0n) is 13.7. The van der Waals surface area contributed by atoms with Crippen molar-refractivity contribution >= 4 is 27.2 Å². The molecule has 2 aromatic rings. The van der Waals surface area contributed by atoms with Crippen molar-refractivity contribution in [3.05, 3.63) is 76.4 Å². The Morgan fingerprint density at radius 2 is 2.00 bits per heavy atom. The van der Waals surface area contributed by atoms with Crippen LogP contribution in [-0.4, -0.2) is 22.6 Å². The number of anilines is 1. The van der Waals surface area contributed by atoms with Gasteiger partial charge in [-0.3, -0.25) is 9.99 Å². The number of nitrogens with zero attached hydrogens (tertiary/aromatic N) is 3. The minimum Gasteiger partial charge on any atom is -0.344 e. The van der Waals surface area contributed by atoms with Crippen LogP contribution in [0.5, 0.6) is 0 Å². The Morgan fingerprint density at radius 3 is 2.75 bits per heavy atom. The summed E-state index contributed by atoms with van der Waals surface area (Å²) in [5.74, 6) is 0. The summed E-state index contributed by atoms with van der Waals surface area (Å²) in [6.07, 6.45) is 6.18. The van der Waals surface area contributed by atoms with Crippen LogP contribution in [0.4, 0.5) is 5.69 Å². The number of halogens is 1. The van der Waals surface area contributed by atoms with Crippen molar-refractivity contribution in [2.24, 2.45) is 0 Å². The number of nitrogens with one attached hydrogen (secondary N) is 1. The number of aryl methyl sites for hydroxylation is 1. The van der Waals surface area contributed by atoms with Crippen molar-refractivity contribution in [3.63, 3.8) is 0 Å². The summed E-state index contributed by atoms with van der Waals surface area (Å²) < 4.78 is 1.10. The molecule has 1 N–H and O–H groups in total. The first-order chi connectivity index (χ1) is 11.6. The molecule has 0 aliphatic carbocycles. The maximum Gasteiger partial charge on any atom is 0.0831 e. The molecule has 0 bridgehead atoms. The lowest BCUT2D eigenvalue weighted by Gasteiger charge is -2.38. The van der Waals surface area contributed by atoms with E-state index in [1.807, 2.05) is 13.1 Å². The van der Waals surface area contributed by atoms with Gasteiger partial charge in [-0.05, 0) is 55.8 Å². The zero-order chi connectivity index (χ0) is 16.7. The lowest BCUT2D eigenvalue weighted by Crippen LogP contribution is -2.47. The quantitative estimate of drug-likeness (QED) is 0.848. The van der Waals surface area contributed by atoms with Crippen LogP contribution in [0, 0.1) is 6.92 Å². The van der Waals surface area contributed by atoms with E-state index in [2.05, 4.69) is 92.0 Å². The Bertz CT molecular complexity index is 826. The Labute approximate surface area is 150 Å². The monoisotopic (exact) mass is 382 g/mol. The molecule has 0 unspecified atom stereocenters. The summed E-state index contributed by atoms with van der Waals surface area (Å²) in [5, 5.41) is 2.24. The number of rotatable bonds is 2. The smallest absolute Gasteiger partial charge is 0.0831 e. The molecule has 0 spiro atoms. The van der Waals surface area contributed by atoms with Gasteiger partial charge in [0.25, 0.3) is 0 Å². The van der Waals surface area contributed by atoms with E-state index in [1.54, 1.807) is 0 Å². The molecule has 2 aliphatic rings. The van der Waals surface area contributed by atoms with E-state index in [9.17, 15) is 0 Å². The number of fused-ring (bicyclic) bond motifs is 1. The molecular weight excluding hydrogens is 364 g/mol. The number of hydrogen-bond donors (Lipinski definition) is 1. The van der Waals surface area contributed by atoms with Gasteiger partial charge in [-0.15, -0.1) is 0 Å². The third-order valence-corrected chi connectivity index (χ3v) is 4.96. The molecule has 1 aromatic carbocycles. The Kier molecular flexibility index (Phi) is 3.81.